The first-order valence-corrected chi connectivity index (χ1v) is 4.82. The average molecular weight is 289 g/mol. The maximum Gasteiger partial charge on any atom is 0.423 e. The van der Waals surface area contributed by atoms with E-state index in [1.807, 2.05) is 0 Å². The van der Waals surface area contributed by atoms with Crippen LogP contribution in [0, 0.1) is 0 Å². The largest absolute Gasteiger partial charge is 0.423 e. The van der Waals surface area contributed by atoms with Gasteiger partial charge in [-0.3, -0.25) is 0 Å². The molecule has 108 valence electrons. The Bertz CT molecular complexity index is 405. The third-order valence-electron chi connectivity index (χ3n) is 1.95. The molecule has 4 nitrogen and oxygen atoms in total. The van der Waals surface area contributed by atoms with Gasteiger partial charge in [-0.1, -0.05) is 6.07 Å². The molecule has 10 heteroatoms. The topological polar surface area (TPSA) is 60.2 Å². The van der Waals surface area contributed by atoms with Gasteiger partial charge in [-0.25, -0.2) is 10.8 Å². The standard InChI is InChI=1S/C9H9F6N3O/c10-8(11,12)7(9(13,14)15)19-4-5-2-1-3-6(17-5)18-16/h1-3,7H,4,16H2,(H,17,18). The first-order chi connectivity index (χ1) is 8.64. The van der Waals surface area contributed by atoms with E-state index < -0.39 is 25.1 Å². The van der Waals surface area contributed by atoms with E-state index in [2.05, 4.69) is 15.1 Å². The van der Waals surface area contributed by atoms with Crippen molar-refractivity contribution in [3.05, 3.63) is 23.9 Å². The number of aromatic nitrogens is 1. The number of nitrogens with zero attached hydrogens (tertiary/aromatic N) is 1. The lowest BCUT2D eigenvalue weighted by Crippen LogP contribution is -2.44. The molecule has 0 radical (unpaired) electrons. The van der Waals surface area contributed by atoms with Crippen molar-refractivity contribution < 1.29 is 31.1 Å². The zero-order valence-electron chi connectivity index (χ0n) is 9.22. The molecule has 3 N–H and O–H groups in total. The molecule has 1 aromatic heterocycles. The molecule has 0 fully saturated rings. The maximum atomic E-state index is 12.2. The number of anilines is 1. The van der Waals surface area contributed by atoms with Gasteiger partial charge >= 0.3 is 12.4 Å². The Hall–Kier alpha value is -1.55. The van der Waals surface area contributed by atoms with Gasteiger partial charge in [-0.15, -0.1) is 0 Å². The van der Waals surface area contributed by atoms with Crippen LogP contribution in [0.15, 0.2) is 18.2 Å². The highest BCUT2D eigenvalue weighted by Gasteiger charge is 2.57. The molecule has 1 rings (SSSR count). The van der Waals surface area contributed by atoms with Crippen molar-refractivity contribution in [2.45, 2.75) is 25.1 Å². The van der Waals surface area contributed by atoms with Crippen LogP contribution in [0.3, 0.4) is 0 Å². The SMILES string of the molecule is NNc1cccc(COC(C(F)(F)F)C(F)(F)F)n1. The molecular formula is C9H9F6N3O. The Morgan fingerprint density at radius 1 is 1.16 bits per heavy atom. The quantitative estimate of drug-likeness (QED) is 0.507. The molecule has 1 heterocycles. The van der Waals surface area contributed by atoms with Crippen LogP contribution < -0.4 is 11.3 Å². The molecule has 0 amide bonds. The first kappa shape index (κ1) is 15.5. The summed E-state index contributed by atoms with van der Waals surface area (Å²) in [5, 5.41) is 0. The third-order valence-corrected chi connectivity index (χ3v) is 1.95. The molecule has 0 saturated heterocycles. The number of rotatable bonds is 4. The van der Waals surface area contributed by atoms with Crippen molar-refractivity contribution in [2.75, 3.05) is 5.43 Å². The summed E-state index contributed by atoms with van der Waals surface area (Å²) in [6.45, 7) is -0.945. The minimum absolute atomic E-state index is 0.0941. The zero-order chi connectivity index (χ0) is 14.7. The molecule has 19 heavy (non-hydrogen) atoms. The second-order valence-corrected chi connectivity index (χ2v) is 3.43. The monoisotopic (exact) mass is 289 g/mol. The van der Waals surface area contributed by atoms with E-state index >= 15 is 0 Å². The maximum absolute atomic E-state index is 12.2. The van der Waals surface area contributed by atoms with Gasteiger partial charge < -0.3 is 10.2 Å². The Kier molecular flexibility index (Phi) is 4.58. The molecule has 1 aromatic rings. The molecule has 0 spiro atoms. The summed E-state index contributed by atoms with van der Waals surface area (Å²) >= 11 is 0. The lowest BCUT2D eigenvalue weighted by atomic mass is 10.3. The van der Waals surface area contributed by atoms with Gasteiger partial charge in [0.15, 0.2) is 0 Å². The Morgan fingerprint density at radius 3 is 2.21 bits per heavy atom. The van der Waals surface area contributed by atoms with Crippen molar-refractivity contribution in [1.29, 1.82) is 0 Å². The number of ether oxygens (including phenoxy) is 1. The number of pyridine rings is 1. The number of hydrogen-bond acceptors (Lipinski definition) is 4. The summed E-state index contributed by atoms with van der Waals surface area (Å²) in [6, 6.07) is 3.95. The van der Waals surface area contributed by atoms with Crippen LogP contribution >= 0.6 is 0 Å². The van der Waals surface area contributed by atoms with Crippen molar-refractivity contribution in [3.63, 3.8) is 0 Å². The van der Waals surface area contributed by atoms with Crippen LogP contribution in [0.5, 0.6) is 0 Å². The molecule has 0 aromatic carbocycles. The Balaban J connectivity index is 2.77. The number of nitrogens with one attached hydrogen (secondary N) is 1. The summed E-state index contributed by atoms with van der Waals surface area (Å²) in [4.78, 5) is 3.63. The molecular weight excluding hydrogens is 280 g/mol. The minimum atomic E-state index is -5.54. The molecule has 0 aliphatic carbocycles. The van der Waals surface area contributed by atoms with Crippen LogP contribution in [0.25, 0.3) is 0 Å². The highest BCUT2D eigenvalue weighted by molar-refractivity contribution is 5.33. The predicted molar refractivity (Wildman–Crippen MR) is 52.7 cm³/mol. The molecule has 0 bridgehead atoms. The Labute approximate surface area is 103 Å². The normalized spacial score (nSPS) is 12.8. The number of hydrogen-bond donors (Lipinski definition) is 2. The van der Waals surface area contributed by atoms with Crippen molar-refractivity contribution >= 4 is 5.82 Å². The average Bonchev–Trinajstić information content (AvgIpc) is 2.26. The molecule has 0 atom stereocenters. The summed E-state index contributed by atoms with van der Waals surface area (Å²) in [6.07, 6.45) is -14.9. The van der Waals surface area contributed by atoms with Gasteiger partial charge in [-0.05, 0) is 12.1 Å². The van der Waals surface area contributed by atoms with Gasteiger partial charge in [0.05, 0.1) is 12.3 Å². The highest BCUT2D eigenvalue weighted by atomic mass is 19.4. The lowest BCUT2D eigenvalue weighted by Gasteiger charge is -2.22. The van der Waals surface area contributed by atoms with Crippen LogP contribution in [-0.2, 0) is 11.3 Å². The summed E-state index contributed by atoms with van der Waals surface area (Å²) in [5.74, 6) is 5.09. The second kappa shape index (κ2) is 5.61. The van der Waals surface area contributed by atoms with Crippen LogP contribution in [0.2, 0.25) is 0 Å². The van der Waals surface area contributed by atoms with E-state index in [1.54, 1.807) is 0 Å². The molecule has 0 unspecified atom stereocenters. The fourth-order valence-corrected chi connectivity index (χ4v) is 1.18. The van der Waals surface area contributed by atoms with E-state index in [9.17, 15) is 26.3 Å². The molecule has 0 saturated carbocycles. The van der Waals surface area contributed by atoms with Gasteiger partial charge in [0, 0.05) is 0 Å². The van der Waals surface area contributed by atoms with E-state index in [1.165, 1.54) is 18.2 Å². The lowest BCUT2D eigenvalue weighted by molar-refractivity contribution is -0.324. The third kappa shape index (κ3) is 4.56. The van der Waals surface area contributed by atoms with Crippen LogP contribution in [-0.4, -0.2) is 23.4 Å². The number of nitrogens with two attached hydrogens (primary N) is 1. The van der Waals surface area contributed by atoms with E-state index in [4.69, 9.17) is 5.84 Å². The van der Waals surface area contributed by atoms with Crippen LogP contribution in [0.1, 0.15) is 5.69 Å². The molecule has 0 aliphatic rings. The van der Waals surface area contributed by atoms with Gasteiger partial charge in [0.1, 0.15) is 5.82 Å². The number of nitrogen functional groups attached to an aromatic ring is 1. The Morgan fingerprint density at radius 2 is 1.74 bits per heavy atom. The fraction of sp³-hybridized carbons (Fsp3) is 0.444. The number of hydrazine groups is 1. The summed E-state index contributed by atoms with van der Waals surface area (Å²) in [5.41, 5.74) is 1.99. The van der Waals surface area contributed by atoms with E-state index in [0.29, 0.717) is 0 Å². The minimum Gasteiger partial charge on any atom is -0.354 e. The second-order valence-electron chi connectivity index (χ2n) is 3.43. The van der Waals surface area contributed by atoms with Gasteiger partial charge in [0.2, 0.25) is 6.10 Å². The van der Waals surface area contributed by atoms with Gasteiger partial charge in [-0.2, -0.15) is 26.3 Å². The van der Waals surface area contributed by atoms with Crippen molar-refractivity contribution in [1.82, 2.24) is 4.98 Å². The van der Waals surface area contributed by atoms with E-state index in [-0.39, 0.29) is 11.5 Å². The first-order valence-electron chi connectivity index (χ1n) is 4.82. The summed E-state index contributed by atoms with van der Waals surface area (Å²) < 4.78 is 76.9. The van der Waals surface area contributed by atoms with Crippen LogP contribution in [0.4, 0.5) is 32.2 Å². The zero-order valence-corrected chi connectivity index (χ0v) is 9.22. The van der Waals surface area contributed by atoms with Gasteiger partial charge in [0.25, 0.3) is 0 Å². The smallest absolute Gasteiger partial charge is 0.354 e. The predicted octanol–water partition coefficient (Wildman–Crippen LogP) is 2.38. The summed E-state index contributed by atoms with van der Waals surface area (Å²) in [7, 11) is 0. The highest BCUT2D eigenvalue weighted by Crippen LogP contribution is 2.36. The number of halogens is 6. The fourth-order valence-electron chi connectivity index (χ4n) is 1.18. The van der Waals surface area contributed by atoms with E-state index in [0.717, 1.165) is 0 Å². The molecule has 0 aliphatic heterocycles. The number of alkyl halides is 6. The van der Waals surface area contributed by atoms with Crippen molar-refractivity contribution in [2.24, 2.45) is 5.84 Å². The van der Waals surface area contributed by atoms with Crippen molar-refractivity contribution in [3.8, 4) is 0 Å².